The third kappa shape index (κ3) is 5.61. The highest BCUT2D eigenvalue weighted by Gasteiger charge is 2.22. The number of anilines is 1. The van der Waals surface area contributed by atoms with Gasteiger partial charge in [-0.05, 0) is 56.5 Å². The van der Waals surface area contributed by atoms with Gasteiger partial charge in [-0.15, -0.1) is 0 Å². The van der Waals surface area contributed by atoms with Crippen LogP contribution in [-0.4, -0.2) is 40.6 Å². The topological polar surface area (TPSA) is 75.7 Å². The number of carbonyl (C=O) groups excluding carboxylic acids is 1. The Morgan fingerprint density at radius 3 is 2.53 bits per heavy atom. The number of rotatable bonds is 9. The summed E-state index contributed by atoms with van der Waals surface area (Å²) in [5, 5.41) is 2.84. The summed E-state index contributed by atoms with van der Waals surface area (Å²) in [5.41, 5.74) is 1.94. The van der Waals surface area contributed by atoms with E-state index in [2.05, 4.69) is 5.32 Å². The Balaban J connectivity index is 1.58. The summed E-state index contributed by atoms with van der Waals surface area (Å²) in [6.45, 7) is 3.06. The molecule has 0 heterocycles. The van der Waals surface area contributed by atoms with Gasteiger partial charge >= 0.3 is 0 Å². The summed E-state index contributed by atoms with van der Waals surface area (Å²) in [4.78, 5) is 12.5. The van der Waals surface area contributed by atoms with Crippen LogP contribution in [0, 0.1) is 6.92 Å². The van der Waals surface area contributed by atoms with Gasteiger partial charge in [0.05, 0.1) is 16.7 Å². The lowest BCUT2D eigenvalue weighted by Crippen LogP contribution is -2.28. The lowest BCUT2D eigenvalue weighted by Gasteiger charge is -2.20. The van der Waals surface area contributed by atoms with Crippen LogP contribution in [0.3, 0.4) is 0 Å². The van der Waals surface area contributed by atoms with E-state index in [9.17, 15) is 13.2 Å². The van der Waals surface area contributed by atoms with Gasteiger partial charge in [0.1, 0.15) is 0 Å². The van der Waals surface area contributed by atoms with Gasteiger partial charge in [0.15, 0.2) is 0 Å². The first kappa shape index (κ1) is 22.3. The largest absolute Gasteiger partial charge is 0.378 e. The summed E-state index contributed by atoms with van der Waals surface area (Å²) in [6, 6.07) is 13.4. The normalized spacial score (nSPS) is 14.6. The number of hydrogen-bond donors (Lipinski definition) is 1. The monoisotopic (exact) mass is 430 g/mol. The van der Waals surface area contributed by atoms with Crippen molar-refractivity contribution in [3.05, 3.63) is 59.7 Å². The Hall–Kier alpha value is -2.38. The molecule has 0 spiro atoms. The van der Waals surface area contributed by atoms with Gasteiger partial charge in [-0.2, -0.15) is 0 Å². The molecule has 1 amide bonds. The van der Waals surface area contributed by atoms with E-state index in [4.69, 9.17) is 4.74 Å². The predicted octanol–water partition coefficient (Wildman–Crippen LogP) is 3.90. The predicted molar refractivity (Wildman–Crippen MR) is 118 cm³/mol. The second kappa shape index (κ2) is 10.1. The van der Waals surface area contributed by atoms with E-state index in [-0.39, 0.29) is 10.8 Å². The molecule has 3 rings (SSSR count). The van der Waals surface area contributed by atoms with Crippen molar-refractivity contribution >= 4 is 21.6 Å². The lowest BCUT2D eigenvalue weighted by atomic mass is 10.2. The number of nitrogens with one attached hydrogen (secondary N) is 1. The third-order valence-electron chi connectivity index (χ3n) is 5.41. The van der Waals surface area contributed by atoms with E-state index in [1.165, 1.54) is 36.3 Å². The van der Waals surface area contributed by atoms with E-state index < -0.39 is 10.0 Å². The van der Waals surface area contributed by atoms with Crippen LogP contribution in [0.2, 0.25) is 0 Å². The molecule has 0 aromatic heterocycles. The van der Waals surface area contributed by atoms with E-state index in [1.54, 1.807) is 24.3 Å². The highest BCUT2D eigenvalue weighted by molar-refractivity contribution is 7.92. The van der Waals surface area contributed by atoms with Gasteiger partial charge in [0.25, 0.3) is 15.9 Å². The summed E-state index contributed by atoms with van der Waals surface area (Å²) in [7, 11) is -2.26. The maximum Gasteiger partial charge on any atom is 0.264 e. The lowest BCUT2D eigenvalue weighted by molar-refractivity contribution is 0.0565. The van der Waals surface area contributed by atoms with Crippen LogP contribution in [0.4, 0.5) is 5.69 Å². The average Bonchev–Trinajstić information content (AvgIpc) is 3.27. The molecule has 0 aliphatic heterocycles. The van der Waals surface area contributed by atoms with Gasteiger partial charge in [-0.3, -0.25) is 9.10 Å². The summed E-state index contributed by atoms with van der Waals surface area (Å²) < 4.78 is 33.0. The maximum absolute atomic E-state index is 13.0. The van der Waals surface area contributed by atoms with Crippen molar-refractivity contribution in [3.63, 3.8) is 0 Å². The number of hydrogen-bond acceptors (Lipinski definition) is 4. The number of benzene rings is 2. The number of ether oxygens (including phenoxy) is 1. The first-order valence-corrected chi connectivity index (χ1v) is 11.9. The summed E-state index contributed by atoms with van der Waals surface area (Å²) in [5.74, 6) is -0.286. The Bertz CT molecular complexity index is 951. The number of aryl methyl sites for hydroxylation is 1. The average molecular weight is 431 g/mol. The first-order valence-electron chi connectivity index (χ1n) is 10.4. The zero-order valence-electron chi connectivity index (χ0n) is 17.6. The molecule has 30 heavy (non-hydrogen) atoms. The molecule has 162 valence electrons. The third-order valence-corrected chi connectivity index (χ3v) is 7.20. The molecule has 1 aliphatic carbocycles. The van der Waals surface area contributed by atoms with Crippen molar-refractivity contribution in [2.24, 2.45) is 0 Å². The number of nitrogens with zero attached hydrogens (tertiary/aromatic N) is 1. The molecular weight excluding hydrogens is 400 g/mol. The van der Waals surface area contributed by atoms with Crippen molar-refractivity contribution in [2.45, 2.75) is 50.0 Å². The molecule has 1 N–H and O–H groups in total. The second-order valence-corrected chi connectivity index (χ2v) is 9.69. The minimum atomic E-state index is -3.77. The Labute approximate surface area is 179 Å². The number of amides is 1. The number of carbonyl (C=O) groups is 1. The van der Waals surface area contributed by atoms with E-state index >= 15 is 0 Å². The molecule has 0 atom stereocenters. The van der Waals surface area contributed by atoms with Gasteiger partial charge in [0, 0.05) is 25.8 Å². The molecule has 0 unspecified atom stereocenters. The van der Waals surface area contributed by atoms with Crippen LogP contribution in [0.15, 0.2) is 53.4 Å². The Morgan fingerprint density at radius 2 is 1.83 bits per heavy atom. The molecule has 1 fully saturated rings. The van der Waals surface area contributed by atoms with Crippen LogP contribution in [-0.2, 0) is 14.8 Å². The van der Waals surface area contributed by atoms with Crippen LogP contribution in [0.5, 0.6) is 0 Å². The fraction of sp³-hybridized carbons (Fsp3) is 0.435. The molecule has 0 radical (unpaired) electrons. The van der Waals surface area contributed by atoms with Gasteiger partial charge < -0.3 is 10.1 Å². The zero-order valence-corrected chi connectivity index (χ0v) is 18.5. The Kier molecular flexibility index (Phi) is 7.50. The smallest absolute Gasteiger partial charge is 0.264 e. The van der Waals surface area contributed by atoms with Crippen LogP contribution in [0.1, 0.15) is 48.0 Å². The van der Waals surface area contributed by atoms with Crippen molar-refractivity contribution in [2.75, 3.05) is 24.5 Å². The molecule has 6 nitrogen and oxygen atoms in total. The molecular formula is C23H30N2O4S. The highest BCUT2D eigenvalue weighted by Crippen LogP contribution is 2.23. The zero-order chi connectivity index (χ0) is 21.6. The molecule has 1 aliphatic rings. The van der Waals surface area contributed by atoms with Crippen molar-refractivity contribution in [1.82, 2.24) is 5.32 Å². The molecule has 1 saturated carbocycles. The van der Waals surface area contributed by atoms with Crippen LogP contribution >= 0.6 is 0 Å². The molecule has 7 heteroatoms. The quantitative estimate of drug-likeness (QED) is 0.612. The SMILES string of the molecule is Cc1ccc(N(C)S(=O)(=O)c2cccc(C(=O)NCCCOC3CCCC3)c2)cc1. The van der Waals surface area contributed by atoms with Crippen molar-refractivity contribution < 1.29 is 17.9 Å². The number of sulfonamides is 1. The van der Waals surface area contributed by atoms with E-state index in [1.807, 2.05) is 19.1 Å². The molecule has 2 aromatic carbocycles. The van der Waals surface area contributed by atoms with Crippen LogP contribution in [0.25, 0.3) is 0 Å². The van der Waals surface area contributed by atoms with E-state index in [0.29, 0.717) is 30.5 Å². The fourth-order valence-electron chi connectivity index (χ4n) is 3.53. The Morgan fingerprint density at radius 1 is 1.13 bits per heavy atom. The van der Waals surface area contributed by atoms with Crippen molar-refractivity contribution in [1.29, 1.82) is 0 Å². The minimum Gasteiger partial charge on any atom is -0.378 e. The summed E-state index contributed by atoms with van der Waals surface area (Å²) in [6.07, 6.45) is 5.83. The molecule has 0 saturated heterocycles. The minimum absolute atomic E-state index is 0.0859. The first-order chi connectivity index (χ1) is 14.4. The van der Waals surface area contributed by atoms with Gasteiger partial charge in [-0.25, -0.2) is 8.42 Å². The fourth-order valence-corrected chi connectivity index (χ4v) is 4.77. The van der Waals surface area contributed by atoms with Crippen molar-refractivity contribution in [3.8, 4) is 0 Å². The van der Waals surface area contributed by atoms with Crippen LogP contribution < -0.4 is 9.62 Å². The van der Waals surface area contributed by atoms with Gasteiger partial charge in [0.2, 0.25) is 0 Å². The molecule has 0 bridgehead atoms. The maximum atomic E-state index is 13.0. The van der Waals surface area contributed by atoms with Gasteiger partial charge in [-0.1, -0.05) is 36.6 Å². The highest BCUT2D eigenvalue weighted by atomic mass is 32.2. The van der Waals surface area contributed by atoms with E-state index in [0.717, 1.165) is 24.8 Å². The molecule has 2 aromatic rings. The summed E-state index contributed by atoms with van der Waals surface area (Å²) >= 11 is 0. The standard InChI is InChI=1S/C23H30N2O4S/c1-18-11-13-20(14-12-18)25(2)30(27,28)22-10-5-7-19(17-22)23(26)24-15-6-16-29-21-8-3-4-9-21/h5,7,10-14,17,21H,3-4,6,8-9,15-16H2,1-2H3,(H,24,26). The second-order valence-electron chi connectivity index (χ2n) is 7.72.